The van der Waals surface area contributed by atoms with Crippen LogP contribution < -0.4 is 5.32 Å². The first-order valence-electron chi connectivity index (χ1n) is 7.32. The molecule has 1 aromatic carbocycles. The van der Waals surface area contributed by atoms with E-state index in [1.54, 1.807) is 6.20 Å². The average Bonchev–Trinajstić information content (AvgIpc) is 3.18. The Hall–Kier alpha value is -2.49. The topological polar surface area (TPSA) is 34.8 Å². The largest absolute Gasteiger partial charge is 0.381 e. The van der Waals surface area contributed by atoms with Crippen LogP contribution in [0.1, 0.15) is 18.9 Å². The molecule has 0 atom stereocenters. The second-order valence-corrected chi connectivity index (χ2v) is 5.13. The fourth-order valence-electron chi connectivity index (χ4n) is 2.38. The van der Waals surface area contributed by atoms with Gasteiger partial charge in [-0.3, -0.25) is 0 Å². The van der Waals surface area contributed by atoms with Gasteiger partial charge in [-0.2, -0.15) is 0 Å². The molecule has 0 unspecified atom stereocenters. The fourth-order valence-corrected chi connectivity index (χ4v) is 2.38. The van der Waals surface area contributed by atoms with Gasteiger partial charge in [0.15, 0.2) is 0 Å². The molecule has 108 valence electrons. The van der Waals surface area contributed by atoms with E-state index in [0.29, 0.717) is 0 Å². The number of imidazole rings is 1. The molecule has 0 bridgehead atoms. The van der Waals surface area contributed by atoms with Crippen LogP contribution >= 0.6 is 0 Å². The normalized spacial score (nSPS) is 10.7. The van der Waals surface area contributed by atoms with E-state index in [1.165, 1.54) is 5.56 Å². The van der Waals surface area contributed by atoms with Crippen LogP contribution in [-0.2, 0) is 13.1 Å². The Morgan fingerprint density at radius 2 is 2.14 bits per heavy atom. The van der Waals surface area contributed by atoms with Crippen molar-refractivity contribution < 1.29 is 0 Å². The molecule has 0 spiro atoms. The zero-order valence-electron chi connectivity index (χ0n) is 12.2. The second kappa shape index (κ2) is 6.31. The van der Waals surface area contributed by atoms with Gasteiger partial charge in [0, 0.05) is 49.3 Å². The molecule has 2 aromatic heterocycles. The van der Waals surface area contributed by atoms with Crippen LogP contribution in [0.15, 0.2) is 61.4 Å². The highest BCUT2D eigenvalue weighted by molar-refractivity contribution is 5.51. The van der Waals surface area contributed by atoms with Gasteiger partial charge in [-0.15, -0.1) is 0 Å². The molecule has 3 aromatic rings. The van der Waals surface area contributed by atoms with E-state index in [2.05, 4.69) is 64.5 Å². The van der Waals surface area contributed by atoms with E-state index < -0.39 is 0 Å². The first kappa shape index (κ1) is 13.5. The quantitative estimate of drug-likeness (QED) is 0.747. The summed E-state index contributed by atoms with van der Waals surface area (Å²) >= 11 is 0. The van der Waals surface area contributed by atoms with Gasteiger partial charge in [0.2, 0.25) is 0 Å². The smallest absolute Gasteiger partial charge is 0.0991 e. The van der Waals surface area contributed by atoms with Crippen LogP contribution in [0.25, 0.3) is 5.69 Å². The lowest BCUT2D eigenvalue weighted by Crippen LogP contribution is -2.00. The van der Waals surface area contributed by atoms with Crippen molar-refractivity contribution in [1.29, 1.82) is 0 Å². The van der Waals surface area contributed by atoms with Gasteiger partial charge in [0.1, 0.15) is 0 Å². The van der Waals surface area contributed by atoms with Crippen LogP contribution in [0.3, 0.4) is 0 Å². The first-order chi connectivity index (χ1) is 10.3. The second-order valence-electron chi connectivity index (χ2n) is 5.13. The van der Waals surface area contributed by atoms with E-state index in [1.807, 2.05) is 17.1 Å². The van der Waals surface area contributed by atoms with E-state index >= 15 is 0 Å². The van der Waals surface area contributed by atoms with Crippen LogP contribution in [-0.4, -0.2) is 14.1 Å². The summed E-state index contributed by atoms with van der Waals surface area (Å²) in [6.07, 6.45) is 11.1. The molecule has 1 N–H and O–H groups in total. The molecule has 0 amide bonds. The highest BCUT2D eigenvalue weighted by atomic mass is 15.0. The maximum atomic E-state index is 4.08. The monoisotopic (exact) mass is 280 g/mol. The Bertz CT molecular complexity index is 682. The van der Waals surface area contributed by atoms with Crippen molar-refractivity contribution in [1.82, 2.24) is 14.1 Å². The maximum Gasteiger partial charge on any atom is 0.0991 e. The number of aromatic nitrogens is 3. The van der Waals surface area contributed by atoms with Gasteiger partial charge in [-0.1, -0.05) is 13.0 Å². The lowest BCUT2D eigenvalue weighted by molar-refractivity contribution is 0.682. The van der Waals surface area contributed by atoms with Crippen molar-refractivity contribution in [3.05, 3.63) is 67.0 Å². The number of benzene rings is 1. The Labute approximate surface area is 125 Å². The first-order valence-corrected chi connectivity index (χ1v) is 7.32. The summed E-state index contributed by atoms with van der Waals surface area (Å²) in [6, 6.07) is 10.5. The average molecular weight is 280 g/mol. The molecule has 4 heteroatoms. The zero-order valence-corrected chi connectivity index (χ0v) is 12.2. The van der Waals surface area contributed by atoms with Gasteiger partial charge in [-0.05, 0) is 36.2 Å². The molecule has 0 radical (unpaired) electrons. The highest BCUT2D eigenvalue weighted by Gasteiger charge is 2.00. The maximum absolute atomic E-state index is 4.08. The standard InChI is InChI=1S/C17H20N4/c1-2-8-20-9-6-15(13-20)12-19-16-4-3-5-17(11-16)21-10-7-18-14-21/h3-7,9-11,13-14,19H,2,8,12H2,1H3. The molecule has 21 heavy (non-hydrogen) atoms. The molecule has 0 aliphatic rings. The minimum atomic E-state index is 0.837. The van der Waals surface area contributed by atoms with Gasteiger partial charge in [-0.25, -0.2) is 4.98 Å². The number of hydrogen-bond donors (Lipinski definition) is 1. The number of hydrogen-bond acceptors (Lipinski definition) is 2. The third-order valence-electron chi connectivity index (χ3n) is 3.44. The predicted octanol–water partition coefficient (Wildman–Crippen LogP) is 3.70. The number of rotatable bonds is 6. The molecule has 0 aliphatic heterocycles. The number of aryl methyl sites for hydroxylation is 1. The highest BCUT2D eigenvalue weighted by Crippen LogP contribution is 2.15. The van der Waals surface area contributed by atoms with Crippen LogP contribution in [0, 0.1) is 0 Å². The molecule has 0 fully saturated rings. The van der Waals surface area contributed by atoms with Crippen molar-refractivity contribution in [3.8, 4) is 5.69 Å². The molecule has 2 heterocycles. The minimum Gasteiger partial charge on any atom is -0.381 e. The summed E-state index contributed by atoms with van der Waals surface area (Å²) < 4.78 is 4.24. The summed E-state index contributed by atoms with van der Waals surface area (Å²) in [5, 5.41) is 3.47. The van der Waals surface area contributed by atoms with Gasteiger partial charge in [0.05, 0.1) is 6.33 Å². The molecule has 0 saturated heterocycles. The predicted molar refractivity (Wildman–Crippen MR) is 85.6 cm³/mol. The van der Waals surface area contributed by atoms with Crippen LogP contribution in [0.4, 0.5) is 5.69 Å². The Morgan fingerprint density at radius 3 is 2.95 bits per heavy atom. The number of nitrogens with zero attached hydrogens (tertiary/aromatic N) is 3. The SMILES string of the molecule is CCCn1ccc(CNc2cccc(-n3ccnc3)c2)c1. The third kappa shape index (κ3) is 3.34. The van der Waals surface area contributed by atoms with Gasteiger partial charge in [0.25, 0.3) is 0 Å². The van der Waals surface area contributed by atoms with Crippen molar-refractivity contribution in [3.63, 3.8) is 0 Å². The van der Waals surface area contributed by atoms with Gasteiger partial charge >= 0.3 is 0 Å². The summed E-state index contributed by atoms with van der Waals surface area (Å²) in [6.45, 7) is 4.11. The Morgan fingerprint density at radius 1 is 1.19 bits per heavy atom. The Balaban J connectivity index is 1.66. The summed E-state index contributed by atoms with van der Waals surface area (Å²) in [5.41, 5.74) is 3.53. The lowest BCUT2D eigenvalue weighted by atomic mass is 10.2. The number of nitrogens with one attached hydrogen (secondary N) is 1. The molecule has 4 nitrogen and oxygen atoms in total. The van der Waals surface area contributed by atoms with E-state index in [9.17, 15) is 0 Å². The molecule has 3 rings (SSSR count). The van der Waals surface area contributed by atoms with E-state index in [-0.39, 0.29) is 0 Å². The van der Waals surface area contributed by atoms with Crippen LogP contribution in [0.5, 0.6) is 0 Å². The molecule has 0 aliphatic carbocycles. The van der Waals surface area contributed by atoms with E-state index in [4.69, 9.17) is 0 Å². The summed E-state index contributed by atoms with van der Waals surface area (Å²) in [5.74, 6) is 0. The fraction of sp³-hybridized carbons (Fsp3) is 0.235. The summed E-state index contributed by atoms with van der Waals surface area (Å²) in [7, 11) is 0. The van der Waals surface area contributed by atoms with Crippen molar-refractivity contribution in [2.75, 3.05) is 5.32 Å². The third-order valence-corrected chi connectivity index (χ3v) is 3.44. The van der Waals surface area contributed by atoms with Gasteiger partial charge < -0.3 is 14.5 Å². The van der Waals surface area contributed by atoms with Crippen molar-refractivity contribution >= 4 is 5.69 Å². The molecular formula is C17H20N4. The minimum absolute atomic E-state index is 0.837. The lowest BCUT2D eigenvalue weighted by Gasteiger charge is -2.08. The molecule has 0 saturated carbocycles. The van der Waals surface area contributed by atoms with Crippen LogP contribution in [0.2, 0.25) is 0 Å². The zero-order chi connectivity index (χ0) is 14.5. The van der Waals surface area contributed by atoms with Crippen molar-refractivity contribution in [2.24, 2.45) is 0 Å². The number of anilines is 1. The molecular weight excluding hydrogens is 260 g/mol. The summed E-state index contributed by atoms with van der Waals surface area (Å²) in [4.78, 5) is 4.08. The Kier molecular flexibility index (Phi) is 4.05. The van der Waals surface area contributed by atoms with Crippen molar-refractivity contribution in [2.45, 2.75) is 26.4 Å². The van der Waals surface area contributed by atoms with E-state index in [0.717, 1.165) is 30.9 Å².